The number of nitrogens with one attached hydrogen (secondary N) is 1. The molecule has 0 bridgehead atoms. The highest BCUT2D eigenvalue weighted by Crippen LogP contribution is 2.26. The standard InChI is InChI=1S/C14H12F2N2O4S/c1-22-12-5-3-9(7-13(12)23(17,20)21)18-14(19)10-4-2-8(15)6-11(10)16/h2-7H,1H3,(H,18,19)(H2,17,20,21). The van der Waals surface area contributed by atoms with E-state index in [2.05, 4.69) is 5.32 Å². The Bertz CT molecular complexity index is 869. The lowest BCUT2D eigenvalue weighted by molar-refractivity contribution is 0.102. The van der Waals surface area contributed by atoms with Crippen molar-refractivity contribution in [1.82, 2.24) is 0 Å². The number of primary sulfonamides is 1. The van der Waals surface area contributed by atoms with E-state index in [4.69, 9.17) is 9.88 Å². The van der Waals surface area contributed by atoms with Crippen molar-refractivity contribution in [3.63, 3.8) is 0 Å². The molecule has 0 saturated heterocycles. The molecule has 0 radical (unpaired) electrons. The molecule has 0 saturated carbocycles. The summed E-state index contributed by atoms with van der Waals surface area (Å²) < 4.78 is 54.3. The lowest BCUT2D eigenvalue weighted by Crippen LogP contribution is -2.16. The summed E-state index contributed by atoms with van der Waals surface area (Å²) in [6.07, 6.45) is 0. The highest BCUT2D eigenvalue weighted by molar-refractivity contribution is 7.89. The molecule has 0 aromatic heterocycles. The van der Waals surface area contributed by atoms with Gasteiger partial charge in [0.2, 0.25) is 10.0 Å². The van der Waals surface area contributed by atoms with Crippen molar-refractivity contribution in [2.45, 2.75) is 4.90 Å². The van der Waals surface area contributed by atoms with Gasteiger partial charge in [0.1, 0.15) is 22.3 Å². The van der Waals surface area contributed by atoms with E-state index >= 15 is 0 Å². The zero-order chi connectivity index (χ0) is 17.2. The zero-order valence-electron chi connectivity index (χ0n) is 11.8. The molecule has 2 rings (SSSR count). The summed E-state index contributed by atoms with van der Waals surface area (Å²) in [5.41, 5.74) is -0.331. The van der Waals surface area contributed by atoms with E-state index in [9.17, 15) is 22.0 Å². The van der Waals surface area contributed by atoms with E-state index < -0.39 is 27.6 Å². The summed E-state index contributed by atoms with van der Waals surface area (Å²) in [5, 5.41) is 7.37. The maximum atomic E-state index is 13.6. The molecule has 0 aliphatic carbocycles. The van der Waals surface area contributed by atoms with Gasteiger partial charge >= 0.3 is 0 Å². The number of hydrogen-bond donors (Lipinski definition) is 2. The first-order chi connectivity index (χ1) is 10.7. The molecule has 1 amide bonds. The molecule has 0 heterocycles. The quantitative estimate of drug-likeness (QED) is 0.886. The van der Waals surface area contributed by atoms with Crippen molar-refractivity contribution >= 4 is 21.6 Å². The molecule has 9 heteroatoms. The lowest BCUT2D eigenvalue weighted by Gasteiger charge is -2.10. The van der Waals surface area contributed by atoms with Crippen LogP contribution in [-0.2, 0) is 10.0 Å². The van der Waals surface area contributed by atoms with Gasteiger partial charge in [-0.25, -0.2) is 22.3 Å². The summed E-state index contributed by atoms with van der Waals surface area (Å²) in [6.45, 7) is 0. The van der Waals surface area contributed by atoms with E-state index in [1.807, 2.05) is 0 Å². The Labute approximate surface area is 130 Å². The van der Waals surface area contributed by atoms with E-state index in [1.54, 1.807) is 0 Å². The van der Waals surface area contributed by atoms with Crippen molar-refractivity contribution in [2.24, 2.45) is 5.14 Å². The predicted molar refractivity (Wildman–Crippen MR) is 78.7 cm³/mol. The Morgan fingerprint density at radius 3 is 2.43 bits per heavy atom. The average molecular weight is 342 g/mol. The Hall–Kier alpha value is -2.52. The van der Waals surface area contributed by atoms with Crippen LogP contribution in [0.2, 0.25) is 0 Å². The summed E-state index contributed by atoms with van der Waals surface area (Å²) in [6, 6.07) is 6.20. The SMILES string of the molecule is COc1ccc(NC(=O)c2ccc(F)cc2F)cc1S(N)(=O)=O. The zero-order valence-corrected chi connectivity index (χ0v) is 12.7. The van der Waals surface area contributed by atoms with Gasteiger partial charge in [0, 0.05) is 11.8 Å². The molecule has 0 spiro atoms. The maximum absolute atomic E-state index is 13.6. The van der Waals surface area contributed by atoms with Gasteiger partial charge in [-0.3, -0.25) is 4.79 Å². The van der Waals surface area contributed by atoms with Crippen LogP contribution in [0.3, 0.4) is 0 Å². The van der Waals surface area contributed by atoms with Crippen molar-refractivity contribution in [3.05, 3.63) is 53.6 Å². The smallest absolute Gasteiger partial charge is 0.258 e. The molecule has 23 heavy (non-hydrogen) atoms. The Balaban J connectivity index is 2.35. The molecule has 0 aliphatic heterocycles. The topological polar surface area (TPSA) is 98.5 Å². The van der Waals surface area contributed by atoms with Gasteiger partial charge in [-0.15, -0.1) is 0 Å². The third kappa shape index (κ3) is 3.82. The van der Waals surface area contributed by atoms with Crippen LogP contribution in [0.4, 0.5) is 14.5 Å². The van der Waals surface area contributed by atoms with E-state index in [0.29, 0.717) is 6.07 Å². The fourth-order valence-corrected chi connectivity index (χ4v) is 2.57. The third-order valence-corrected chi connectivity index (χ3v) is 3.84. The summed E-state index contributed by atoms with van der Waals surface area (Å²) >= 11 is 0. The first kappa shape index (κ1) is 16.8. The number of nitrogens with two attached hydrogens (primary N) is 1. The van der Waals surface area contributed by atoms with Crippen LogP contribution in [0.25, 0.3) is 0 Å². The number of methoxy groups -OCH3 is 1. The van der Waals surface area contributed by atoms with E-state index in [0.717, 1.165) is 18.2 Å². The first-order valence-electron chi connectivity index (χ1n) is 6.19. The van der Waals surface area contributed by atoms with Crippen molar-refractivity contribution < 1.29 is 26.7 Å². The minimum absolute atomic E-state index is 0.00142. The van der Waals surface area contributed by atoms with Crippen LogP contribution in [0.15, 0.2) is 41.3 Å². The summed E-state index contributed by atoms with van der Waals surface area (Å²) in [4.78, 5) is 11.6. The van der Waals surface area contributed by atoms with Crippen molar-refractivity contribution in [2.75, 3.05) is 12.4 Å². The predicted octanol–water partition coefficient (Wildman–Crippen LogP) is 1.87. The van der Waals surface area contributed by atoms with E-state index in [-0.39, 0.29) is 21.9 Å². The van der Waals surface area contributed by atoms with Gasteiger partial charge in [0.05, 0.1) is 12.7 Å². The number of rotatable bonds is 4. The second kappa shape index (κ2) is 6.31. The lowest BCUT2D eigenvalue weighted by atomic mass is 10.2. The fourth-order valence-electron chi connectivity index (χ4n) is 1.85. The first-order valence-corrected chi connectivity index (χ1v) is 7.74. The number of carbonyl (C=O) groups excluding carboxylic acids is 1. The Morgan fingerprint density at radius 2 is 1.87 bits per heavy atom. The highest BCUT2D eigenvalue weighted by Gasteiger charge is 2.18. The normalized spacial score (nSPS) is 11.1. The molecule has 0 atom stereocenters. The Kier molecular flexibility index (Phi) is 4.62. The number of hydrogen-bond acceptors (Lipinski definition) is 4. The minimum Gasteiger partial charge on any atom is -0.495 e. The van der Waals surface area contributed by atoms with Crippen LogP contribution in [-0.4, -0.2) is 21.4 Å². The van der Waals surface area contributed by atoms with Crippen molar-refractivity contribution in [1.29, 1.82) is 0 Å². The Morgan fingerprint density at radius 1 is 1.17 bits per heavy atom. The largest absolute Gasteiger partial charge is 0.495 e. The van der Waals surface area contributed by atoms with Gasteiger partial charge in [-0.1, -0.05) is 0 Å². The molecular weight excluding hydrogens is 330 g/mol. The molecule has 3 N–H and O–H groups in total. The highest BCUT2D eigenvalue weighted by atomic mass is 32.2. The number of benzene rings is 2. The number of anilines is 1. The fraction of sp³-hybridized carbons (Fsp3) is 0.0714. The maximum Gasteiger partial charge on any atom is 0.258 e. The van der Waals surface area contributed by atoms with Crippen molar-refractivity contribution in [3.8, 4) is 5.75 Å². The van der Waals surface area contributed by atoms with Crippen LogP contribution in [0, 0.1) is 11.6 Å². The van der Waals surface area contributed by atoms with Crippen LogP contribution >= 0.6 is 0 Å². The van der Waals surface area contributed by atoms with Gasteiger partial charge in [-0.05, 0) is 30.3 Å². The molecule has 0 fully saturated rings. The third-order valence-electron chi connectivity index (χ3n) is 2.90. The average Bonchev–Trinajstić information content (AvgIpc) is 2.46. The second-order valence-electron chi connectivity index (χ2n) is 4.49. The van der Waals surface area contributed by atoms with Crippen LogP contribution in [0.5, 0.6) is 5.75 Å². The van der Waals surface area contributed by atoms with E-state index in [1.165, 1.54) is 19.2 Å². The molecule has 0 unspecified atom stereocenters. The summed E-state index contributed by atoms with van der Waals surface area (Å²) in [5.74, 6) is -2.73. The number of amides is 1. The van der Waals surface area contributed by atoms with Crippen LogP contribution in [0.1, 0.15) is 10.4 Å². The number of ether oxygens (including phenoxy) is 1. The van der Waals surface area contributed by atoms with Gasteiger partial charge in [0.15, 0.2) is 0 Å². The molecule has 2 aromatic carbocycles. The van der Waals surface area contributed by atoms with Gasteiger partial charge in [-0.2, -0.15) is 0 Å². The van der Waals surface area contributed by atoms with Crippen LogP contribution < -0.4 is 15.2 Å². The molecular formula is C14H12F2N2O4S. The number of carbonyl (C=O) groups is 1. The molecule has 2 aromatic rings. The monoisotopic (exact) mass is 342 g/mol. The molecule has 6 nitrogen and oxygen atoms in total. The van der Waals surface area contributed by atoms with Gasteiger partial charge < -0.3 is 10.1 Å². The molecule has 122 valence electrons. The summed E-state index contributed by atoms with van der Waals surface area (Å²) in [7, 11) is -2.82. The molecule has 0 aliphatic rings. The number of halogens is 2. The number of sulfonamides is 1. The second-order valence-corrected chi connectivity index (χ2v) is 6.02. The minimum atomic E-state index is -4.08. The van der Waals surface area contributed by atoms with Gasteiger partial charge in [0.25, 0.3) is 5.91 Å².